The van der Waals surface area contributed by atoms with Crippen LogP contribution in [-0.4, -0.2) is 16.7 Å². The fraction of sp³-hybridized carbons (Fsp3) is 0.0500. The van der Waals surface area contributed by atoms with Gasteiger partial charge in [0.2, 0.25) is 5.96 Å². The average molecular weight is 409 g/mol. The largest absolute Gasteiger partial charge is 0.277 e. The minimum absolute atomic E-state index is 0.236. The van der Waals surface area contributed by atoms with Crippen LogP contribution in [0.1, 0.15) is 16.5 Å². The highest BCUT2D eigenvalue weighted by Gasteiger charge is 2.34. The Morgan fingerprint density at radius 2 is 1.81 bits per heavy atom. The SMILES string of the molecule is S=c1sc2c(n1-c1ccccc1)N1C=CC=NC1=NC2c1ccccc1Cl. The van der Waals surface area contributed by atoms with Gasteiger partial charge in [0.05, 0.1) is 4.88 Å². The number of nitrogens with zero attached hydrogens (tertiary/aromatic N) is 4. The lowest BCUT2D eigenvalue weighted by atomic mass is 10.0. The van der Waals surface area contributed by atoms with Crippen molar-refractivity contribution in [2.24, 2.45) is 9.98 Å². The molecular weight excluding hydrogens is 396 g/mol. The van der Waals surface area contributed by atoms with Gasteiger partial charge in [-0.2, -0.15) is 0 Å². The van der Waals surface area contributed by atoms with Crippen LogP contribution in [0.3, 0.4) is 0 Å². The number of hydrogen-bond donors (Lipinski definition) is 0. The molecule has 0 amide bonds. The molecule has 1 atom stereocenters. The first-order valence-corrected chi connectivity index (χ1v) is 9.98. The normalized spacial score (nSPS) is 17.4. The third-order valence-corrected chi connectivity index (χ3v) is 6.23. The molecule has 1 aromatic heterocycles. The zero-order valence-corrected chi connectivity index (χ0v) is 16.4. The average Bonchev–Trinajstić information content (AvgIpc) is 3.06. The summed E-state index contributed by atoms with van der Waals surface area (Å²) in [5, 5.41) is 0.687. The van der Waals surface area contributed by atoms with Gasteiger partial charge in [0.15, 0.2) is 3.95 Å². The van der Waals surface area contributed by atoms with E-state index in [1.165, 1.54) is 0 Å². The number of thiazole rings is 1. The number of para-hydroxylation sites is 1. The lowest BCUT2D eigenvalue weighted by molar-refractivity contribution is 0.844. The molecule has 0 spiro atoms. The summed E-state index contributed by atoms with van der Waals surface area (Å²) in [4.78, 5) is 12.4. The van der Waals surface area contributed by atoms with E-state index in [0.29, 0.717) is 11.0 Å². The van der Waals surface area contributed by atoms with Crippen LogP contribution in [0.15, 0.2) is 76.9 Å². The molecule has 0 saturated carbocycles. The maximum absolute atomic E-state index is 6.50. The number of rotatable bonds is 2. The van der Waals surface area contributed by atoms with E-state index < -0.39 is 0 Å². The number of allylic oxidation sites excluding steroid dienone is 1. The number of anilines is 1. The van der Waals surface area contributed by atoms with Crippen molar-refractivity contribution < 1.29 is 0 Å². The maximum atomic E-state index is 6.50. The van der Waals surface area contributed by atoms with Gasteiger partial charge in [-0.05, 0) is 36.5 Å². The predicted octanol–water partition coefficient (Wildman–Crippen LogP) is 5.79. The van der Waals surface area contributed by atoms with Crippen molar-refractivity contribution >= 4 is 53.1 Å². The fourth-order valence-electron chi connectivity index (χ4n) is 3.30. The second kappa shape index (κ2) is 6.56. The molecule has 2 aliphatic rings. The Labute approximate surface area is 170 Å². The lowest BCUT2D eigenvalue weighted by Crippen LogP contribution is -2.32. The van der Waals surface area contributed by atoms with Crippen LogP contribution in [0.5, 0.6) is 0 Å². The molecule has 3 aromatic rings. The Hall–Kier alpha value is -2.54. The van der Waals surface area contributed by atoms with Crippen LogP contribution in [0, 0.1) is 3.95 Å². The molecule has 2 aliphatic heterocycles. The molecular formula is C20H13ClN4S2. The van der Waals surface area contributed by atoms with Crippen LogP contribution in [0.25, 0.3) is 5.69 Å². The second-order valence-electron chi connectivity index (χ2n) is 6.07. The first kappa shape index (κ1) is 16.6. The zero-order chi connectivity index (χ0) is 18.4. The van der Waals surface area contributed by atoms with Gasteiger partial charge < -0.3 is 0 Å². The third-order valence-electron chi connectivity index (χ3n) is 4.47. The molecule has 7 heteroatoms. The molecule has 0 bridgehead atoms. The highest BCUT2D eigenvalue weighted by molar-refractivity contribution is 7.73. The summed E-state index contributed by atoms with van der Waals surface area (Å²) in [6.45, 7) is 0. The van der Waals surface area contributed by atoms with Crippen molar-refractivity contribution in [3.05, 3.63) is 86.3 Å². The van der Waals surface area contributed by atoms with E-state index in [-0.39, 0.29) is 6.04 Å². The molecule has 0 N–H and O–H groups in total. The summed E-state index contributed by atoms with van der Waals surface area (Å²) in [6, 6.07) is 17.7. The van der Waals surface area contributed by atoms with Gasteiger partial charge >= 0.3 is 0 Å². The van der Waals surface area contributed by atoms with Crippen LogP contribution in [0.2, 0.25) is 5.02 Å². The van der Waals surface area contributed by atoms with Gasteiger partial charge in [0.1, 0.15) is 11.9 Å². The smallest absolute Gasteiger partial charge is 0.231 e. The first-order chi connectivity index (χ1) is 13.2. The third kappa shape index (κ3) is 2.68. The molecule has 0 radical (unpaired) electrons. The van der Waals surface area contributed by atoms with Crippen LogP contribution in [0.4, 0.5) is 5.82 Å². The first-order valence-electron chi connectivity index (χ1n) is 8.37. The number of hydrogen-bond acceptors (Lipinski definition) is 5. The Morgan fingerprint density at radius 3 is 2.63 bits per heavy atom. The number of halogens is 1. The second-order valence-corrected chi connectivity index (χ2v) is 8.15. The summed E-state index contributed by atoms with van der Waals surface area (Å²) < 4.78 is 2.85. The molecule has 4 nitrogen and oxygen atoms in total. The minimum atomic E-state index is -0.236. The molecule has 3 heterocycles. The van der Waals surface area contributed by atoms with Gasteiger partial charge in [-0.15, -0.1) is 11.3 Å². The molecule has 132 valence electrons. The number of benzene rings is 2. The Balaban J connectivity index is 1.80. The van der Waals surface area contributed by atoms with Gasteiger partial charge in [-0.3, -0.25) is 9.47 Å². The molecule has 0 saturated heterocycles. The van der Waals surface area contributed by atoms with Crippen LogP contribution >= 0.6 is 35.2 Å². The molecule has 2 aromatic carbocycles. The predicted molar refractivity (Wildman–Crippen MR) is 115 cm³/mol. The Morgan fingerprint density at radius 1 is 1.04 bits per heavy atom. The summed E-state index contributed by atoms with van der Waals surface area (Å²) in [5.74, 6) is 1.60. The van der Waals surface area contributed by atoms with Crippen molar-refractivity contribution in [1.82, 2.24) is 4.57 Å². The standard InChI is InChI=1S/C20H13ClN4S2/c21-15-10-5-4-9-14(15)16-17-18(24-12-6-11-22-19(24)23-16)25(20(26)27-17)13-7-2-1-3-8-13/h1-12,16H. The lowest BCUT2D eigenvalue weighted by Gasteiger charge is -2.30. The van der Waals surface area contributed by atoms with Crippen molar-refractivity contribution in [1.29, 1.82) is 0 Å². The fourth-order valence-corrected chi connectivity index (χ4v) is 5.04. The molecule has 0 fully saturated rings. The van der Waals surface area contributed by atoms with Crippen molar-refractivity contribution in [3.8, 4) is 5.69 Å². The van der Waals surface area contributed by atoms with E-state index in [9.17, 15) is 0 Å². The quantitative estimate of drug-likeness (QED) is 0.503. The van der Waals surface area contributed by atoms with Crippen molar-refractivity contribution in [2.45, 2.75) is 6.04 Å². The van der Waals surface area contributed by atoms with E-state index in [1.807, 2.05) is 59.6 Å². The summed E-state index contributed by atoms with van der Waals surface area (Å²) in [5.41, 5.74) is 1.97. The summed E-state index contributed by atoms with van der Waals surface area (Å²) >= 11 is 13.8. The van der Waals surface area contributed by atoms with E-state index in [1.54, 1.807) is 17.6 Å². The molecule has 27 heavy (non-hydrogen) atoms. The molecule has 1 unspecified atom stereocenters. The van der Waals surface area contributed by atoms with Crippen LogP contribution < -0.4 is 4.90 Å². The maximum Gasteiger partial charge on any atom is 0.231 e. The van der Waals surface area contributed by atoms with Crippen molar-refractivity contribution in [2.75, 3.05) is 4.90 Å². The number of guanidine groups is 1. The van der Waals surface area contributed by atoms with Crippen LogP contribution in [-0.2, 0) is 0 Å². The molecule has 5 rings (SSSR count). The van der Waals surface area contributed by atoms with E-state index in [4.69, 9.17) is 28.8 Å². The van der Waals surface area contributed by atoms with E-state index in [0.717, 1.165) is 25.9 Å². The van der Waals surface area contributed by atoms with Gasteiger partial charge in [-0.1, -0.05) is 48.0 Å². The number of aliphatic imine (C=N–C) groups is 2. The topological polar surface area (TPSA) is 32.9 Å². The van der Waals surface area contributed by atoms with Crippen molar-refractivity contribution in [3.63, 3.8) is 0 Å². The monoisotopic (exact) mass is 408 g/mol. The highest BCUT2D eigenvalue weighted by Crippen LogP contribution is 2.45. The van der Waals surface area contributed by atoms with E-state index >= 15 is 0 Å². The summed E-state index contributed by atoms with van der Waals surface area (Å²) in [6.07, 6.45) is 5.61. The molecule has 0 aliphatic carbocycles. The minimum Gasteiger partial charge on any atom is -0.277 e. The highest BCUT2D eigenvalue weighted by atomic mass is 35.5. The van der Waals surface area contributed by atoms with Gasteiger partial charge in [-0.25, -0.2) is 9.98 Å². The number of fused-ring (bicyclic) bond motifs is 3. The van der Waals surface area contributed by atoms with E-state index in [2.05, 4.69) is 21.7 Å². The zero-order valence-electron chi connectivity index (χ0n) is 14.0. The summed E-state index contributed by atoms with van der Waals surface area (Å²) in [7, 11) is 0. The Kier molecular flexibility index (Phi) is 4.04. The Bertz CT molecular complexity index is 1170. The van der Waals surface area contributed by atoms with Gasteiger partial charge in [0.25, 0.3) is 0 Å². The number of aromatic nitrogens is 1. The van der Waals surface area contributed by atoms with Gasteiger partial charge in [0, 0.05) is 28.7 Å².